The van der Waals surface area contributed by atoms with Gasteiger partial charge in [0.15, 0.2) is 0 Å². The molecule has 1 atom stereocenters. The highest BCUT2D eigenvalue weighted by atomic mass is 16.6. The minimum Gasteiger partial charge on any atom is -0.444 e. The summed E-state index contributed by atoms with van der Waals surface area (Å²) in [5, 5.41) is 2.66. The first-order valence-corrected chi connectivity index (χ1v) is 6.41. The predicted octanol–water partition coefficient (Wildman–Crippen LogP) is 2.83. The highest BCUT2D eigenvalue weighted by Gasteiger charge is 2.40. The van der Waals surface area contributed by atoms with Crippen LogP contribution in [0.25, 0.3) is 0 Å². The number of ether oxygens (including phenoxy) is 1. The monoisotopic (exact) mass is 253 g/mol. The molecule has 0 radical (unpaired) electrons. The second-order valence-electron chi connectivity index (χ2n) is 5.90. The van der Waals surface area contributed by atoms with Crippen LogP contribution in [0.3, 0.4) is 0 Å². The first kappa shape index (κ1) is 14.7. The normalized spacial score (nSPS) is 19.9. The van der Waals surface area contributed by atoms with E-state index in [9.17, 15) is 9.59 Å². The van der Waals surface area contributed by atoms with Crippen molar-refractivity contribution in [2.75, 3.05) is 0 Å². The molecule has 1 N–H and O–H groups in total. The van der Waals surface area contributed by atoms with E-state index in [0.29, 0.717) is 0 Å². The highest BCUT2D eigenvalue weighted by molar-refractivity contribution is 5.74. The number of nitrogens with one attached hydrogen (secondary N) is 1. The van der Waals surface area contributed by atoms with Crippen LogP contribution in [0, 0.1) is 5.41 Å². The molecule has 0 aliphatic heterocycles. The third-order valence-corrected chi connectivity index (χ3v) is 3.37. The van der Waals surface area contributed by atoms with Crippen molar-refractivity contribution in [1.82, 2.24) is 5.32 Å². The molecule has 1 fully saturated rings. The zero-order valence-electron chi connectivity index (χ0n) is 11.5. The van der Waals surface area contributed by atoms with Crippen LogP contribution in [-0.4, -0.2) is 24.0 Å². The van der Waals surface area contributed by atoms with Gasteiger partial charge >= 0.3 is 6.09 Å². The van der Waals surface area contributed by atoms with Gasteiger partial charge in [-0.05, 0) is 33.6 Å². The molecule has 1 amide bonds. The number of aldehydes is 1. The van der Waals surface area contributed by atoms with Gasteiger partial charge in [-0.15, -0.1) is 6.58 Å². The van der Waals surface area contributed by atoms with Crippen molar-refractivity contribution < 1.29 is 14.3 Å². The molecule has 0 heterocycles. The van der Waals surface area contributed by atoms with E-state index in [1.807, 2.05) is 0 Å². The van der Waals surface area contributed by atoms with E-state index in [1.165, 1.54) is 0 Å². The molecule has 4 nitrogen and oxygen atoms in total. The van der Waals surface area contributed by atoms with Crippen LogP contribution in [0.1, 0.15) is 46.5 Å². The molecule has 0 aromatic rings. The van der Waals surface area contributed by atoms with E-state index in [1.54, 1.807) is 26.8 Å². The summed E-state index contributed by atoms with van der Waals surface area (Å²) in [6, 6.07) is -0.549. The van der Waals surface area contributed by atoms with Crippen molar-refractivity contribution in [3.05, 3.63) is 12.7 Å². The molecule has 0 aromatic carbocycles. The fourth-order valence-corrected chi connectivity index (χ4v) is 2.42. The van der Waals surface area contributed by atoms with Gasteiger partial charge in [0.1, 0.15) is 11.9 Å². The summed E-state index contributed by atoms with van der Waals surface area (Å²) in [5.74, 6) is 0. The Morgan fingerprint density at radius 3 is 2.33 bits per heavy atom. The Bertz CT molecular complexity index is 324. The Balaban J connectivity index is 2.69. The zero-order valence-corrected chi connectivity index (χ0v) is 11.5. The van der Waals surface area contributed by atoms with Gasteiger partial charge < -0.3 is 14.8 Å². The highest BCUT2D eigenvalue weighted by Crippen LogP contribution is 2.41. The van der Waals surface area contributed by atoms with Gasteiger partial charge in [0.25, 0.3) is 0 Å². The predicted molar refractivity (Wildman–Crippen MR) is 70.3 cm³/mol. The second-order valence-corrected chi connectivity index (χ2v) is 5.90. The van der Waals surface area contributed by atoms with E-state index < -0.39 is 17.7 Å². The van der Waals surface area contributed by atoms with Gasteiger partial charge in [0, 0.05) is 5.41 Å². The van der Waals surface area contributed by atoms with Crippen LogP contribution in [0.15, 0.2) is 12.7 Å². The van der Waals surface area contributed by atoms with E-state index >= 15 is 0 Å². The molecule has 0 saturated heterocycles. The molecule has 0 spiro atoms. The SMILES string of the molecule is C=CC1(C(C=O)NC(=O)OC(C)(C)C)CCCC1. The Labute approximate surface area is 109 Å². The molecule has 4 heteroatoms. The summed E-state index contributed by atoms with van der Waals surface area (Å²) < 4.78 is 5.18. The van der Waals surface area contributed by atoms with Crippen molar-refractivity contribution in [2.24, 2.45) is 5.41 Å². The lowest BCUT2D eigenvalue weighted by Gasteiger charge is -2.32. The van der Waals surface area contributed by atoms with Gasteiger partial charge in [-0.3, -0.25) is 0 Å². The fraction of sp³-hybridized carbons (Fsp3) is 0.714. The van der Waals surface area contributed by atoms with E-state index in [0.717, 1.165) is 32.0 Å². The number of hydrogen-bond donors (Lipinski definition) is 1. The Morgan fingerprint density at radius 2 is 1.94 bits per heavy atom. The average Bonchev–Trinajstić information content (AvgIpc) is 2.73. The first-order valence-electron chi connectivity index (χ1n) is 6.41. The lowest BCUT2D eigenvalue weighted by molar-refractivity contribution is -0.111. The maximum atomic E-state index is 11.7. The number of alkyl carbamates (subject to hydrolysis) is 1. The van der Waals surface area contributed by atoms with Crippen molar-refractivity contribution in [1.29, 1.82) is 0 Å². The number of carbonyl (C=O) groups is 2. The number of hydrogen-bond acceptors (Lipinski definition) is 3. The Kier molecular flexibility index (Phi) is 4.54. The van der Waals surface area contributed by atoms with Crippen LogP contribution in [0.2, 0.25) is 0 Å². The molecule has 0 bridgehead atoms. The van der Waals surface area contributed by atoms with Crippen molar-refractivity contribution in [3.63, 3.8) is 0 Å². The standard InChI is InChI=1S/C14H23NO3/c1-5-14(8-6-7-9-14)11(10-16)15-12(17)18-13(2,3)4/h5,10-11H,1,6-9H2,2-4H3,(H,15,17). The van der Waals surface area contributed by atoms with Crippen LogP contribution in [-0.2, 0) is 9.53 Å². The lowest BCUT2D eigenvalue weighted by atomic mass is 9.79. The van der Waals surface area contributed by atoms with Crippen LogP contribution < -0.4 is 5.32 Å². The summed E-state index contributed by atoms with van der Waals surface area (Å²) in [4.78, 5) is 23.0. The molecule has 1 rings (SSSR count). The topological polar surface area (TPSA) is 55.4 Å². The molecule has 102 valence electrons. The molecular formula is C14H23NO3. The number of carbonyl (C=O) groups excluding carboxylic acids is 2. The molecule has 1 aliphatic carbocycles. The quantitative estimate of drug-likeness (QED) is 0.619. The maximum absolute atomic E-state index is 11.7. The van der Waals surface area contributed by atoms with Gasteiger partial charge in [-0.2, -0.15) is 0 Å². The molecule has 1 saturated carbocycles. The van der Waals surface area contributed by atoms with Crippen molar-refractivity contribution in [3.8, 4) is 0 Å². The van der Waals surface area contributed by atoms with Crippen LogP contribution >= 0.6 is 0 Å². The largest absolute Gasteiger partial charge is 0.444 e. The van der Waals surface area contributed by atoms with Crippen LogP contribution in [0.5, 0.6) is 0 Å². The van der Waals surface area contributed by atoms with Crippen molar-refractivity contribution in [2.45, 2.75) is 58.1 Å². The molecule has 1 aliphatic rings. The zero-order chi connectivity index (χ0) is 13.8. The number of amides is 1. The van der Waals surface area contributed by atoms with E-state index in [4.69, 9.17) is 4.74 Å². The van der Waals surface area contributed by atoms with Gasteiger partial charge in [-0.1, -0.05) is 18.9 Å². The summed E-state index contributed by atoms with van der Waals surface area (Å²) in [5.41, 5.74) is -0.868. The molecule has 1 unspecified atom stereocenters. The molecule has 18 heavy (non-hydrogen) atoms. The van der Waals surface area contributed by atoms with E-state index in [-0.39, 0.29) is 5.41 Å². The minimum absolute atomic E-state index is 0.307. The summed E-state index contributed by atoms with van der Waals surface area (Å²) in [6.07, 6.45) is 5.94. The summed E-state index contributed by atoms with van der Waals surface area (Å²) >= 11 is 0. The van der Waals surface area contributed by atoms with Gasteiger partial charge in [0.05, 0.1) is 6.04 Å². The Morgan fingerprint density at radius 1 is 1.39 bits per heavy atom. The van der Waals surface area contributed by atoms with Crippen molar-refractivity contribution >= 4 is 12.4 Å². The average molecular weight is 253 g/mol. The summed E-state index contributed by atoms with van der Waals surface area (Å²) in [6.45, 7) is 9.19. The molecule has 0 aromatic heterocycles. The van der Waals surface area contributed by atoms with Gasteiger partial charge in [0.2, 0.25) is 0 Å². The maximum Gasteiger partial charge on any atom is 0.408 e. The Hall–Kier alpha value is -1.32. The summed E-state index contributed by atoms with van der Waals surface area (Å²) in [7, 11) is 0. The smallest absolute Gasteiger partial charge is 0.408 e. The lowest BCUT2D eigenvalue weighted by Crippen LogP contribution is -2.48. The van der Waals surface area contributed by atoms with Crippen LogP contribution in [0.4, 0.5) is 4.79 Å². The minimum atomic E-state index is -0.561. The van der Waals surface area contributed by atoms with Gasteiger partial charge in [-0.25, -0.2) is 4.79 Å². The second kappa shape index (κ2) is 5.55. The third kappa shape index (κ3) is 3.59. The third-order valence-electron chi connectivity index (χ3n) is 3.37. The molecular weight excluding hydrogens is 230 g/mol. The first-order chi connectivity index (χ1) is 8.33. The number of rotatable bonds is 4. The van der Waals surface area contributed by atoms with E-state index in [2.05, 4.69) is 11.9 Å². The fourth-order valence-electron chi connectivity index (χ4n) is 2.42.